The first-order chi connectivity index (χ1) is 18.6. The van der Waals surface area contributed by atoms with Crippen molar-refractivity contribution < 1.29 is 14.0 Å². The van der Waals surface area contributed by atoms with Crippen LogP contribution in [0.5, 0.6) is 0 Å². The summed E-state index contributed by atoms with van der Waals surface area (Å²) in [5, 5.41) is 3.02. The van der Waals surface area contributed by atoms with Gasteiger partial charge in [-0.2, -0.15) is 0 Å². The third-order valence-corrected chi connectivity index (χ3v) is 7.21. The summed E-state index contributed by atoms with van der Waals surface area (Å²) in [4.78, 5) is 30.9. The smallest absolute Gasteiger partial charge is 0.256 e. The zero-order valence-corrected chi connectivity index (χ0v) is 22.9. The summed E-state index contributed by atoms with van der Waals surface area (Å²) in [6, 6.07) is 17.4. The highest BCUT2D eigenvalue weighted by molar-refractivity contribution is 6.06. The van der Waals surface area contributed by atoms with Gasteiger partial charge in [0.15, 0.2) is 0 Å². The zero-order chi connectivity index (χ0) is 26.7. The molecule has 0 saturated carbocycles. The highest BCUT2D eigenvalue weighted by atomic mass is 16.3. The number of likely N-dealkylation sites (tertiary alicyclic amines) is 1. The number of furan rings is 1. The number of anilines is 2. The predicted octanol–water partition coefficient (Wildman–Crippen LogP) is 7.31. The summed E-state index contributed by atoms with van der Waals surface area (Å²) in [5.74, 6) is 0.707. The minimum Gasteiger partial charge on any atom is -0.467 e. The average molecular weight is 516 g/mol. The summed E-state index contributed by atoms with van der Waals surface area (Å²) in [6.07, 6.45) is 10.4. The van der Waals surface area contributed by atoms with Crippen molar-refractivity contribution in [3.63, 3.8) is 0 Å². The van der Waals surface area contributed by atoms with E-state index in [0.29, 0.717) is 23.4 Å². The van der Waals surface area contributed by atoms with E-state index < -0.39 is 0 Å². The van der Waals surface area contributed by atoms with E-state index in [9.17, 15) is 9.59 Å². The molecule has 1 aromatic heterocycles. The van der Waals surface area contributed by atoms with Gasteiger partial charge < -0.3 is 19.5 Å². The SMILES string of the molecule is CCCCCc1ccc(C(=O)Nc2ccc(N(CCCC)Cc3ccco3)c(C(=O)N3CCCC3)c2)cc1. The molecule has 0 radical (unpaired) electrons. The van der Waals surface area contributed by atoms with Gasteiger partial charge in [-0.3, -0.25) is 9.59 Å². The Kier molecular flexibility index (Phi) is 10.0. The van der Waals surface area contributed by atoms with Crippen LogP contribution in [0.15, 0.2) is 65.3 Å². The van der Waals surface area contributed by atoms with E-state index in [2.05, 4.69) is 24.1 Å². The van der Waals surface area contributed by atoms with Gasteiger partial charge in [-0.1, -0.05) is 45.2 Å². The average Bonchev–Trinajstić information content (AvgIpc) is 3.66. The Morgan fingerprint density at radius 2 is 1.71 bits per heavy atom. The monoisotopic (exact) mass is 515 g/mol. The summed E-state index contributed by atoms with van der Waals surface area (Å²) in [5.41, 5.74) is 3.99. The molecule has 0 spiro atoms. The van der Waals surface area contributed by atoms with Crippen LogP contribution in [0, 0.1) is 0 Å². The molecule has 0 aliphatic carbocycles. The number of nitrogens with one attached hydrogen (secondary N) is 1. The Morgan fingerprint density at radius 1 is 0.947 bits per heavy atom. The third kappa shape index (κ3) is 7.27. The second kappa shape index (κ2) is 13.8. The normalized spacial score (nSPS) is 13.1. The second-order valence-corrected chi connectivity index (χ2v) is 10.2. The van der Waals surface area contributed by atoms with Crippen molar-refractivity contribution in [2.45, 2.75) is 71.8 Å². The molecule has 2 heterocycles. The van der Waals surface area contributed by atoms with Crippen LogP contribution in [-0.2, 0) is 13.0 Å². The molecule has 6 nitrogen and oxygen atoms in total. The first-order valence-corrected chi connectivity index (χ1v) is 14.2. The lowest BCUT2D eigenvalue weighted by Crippen LogP contribution is -2.31. The number of carbonyl (C=O) groups is 2. The van der Waals surface area contributed by atoms with E-state index in [-0.39, 0.29) is 11.8 Å². The van der Waals surface area contributed by atoms with Gasteiger partial charge in [0.05, 0.1) is 24.1 Å². The lowest BCUT2D eigenvalue weighted by Gasteiger charge is -2.28. The summed E-state index contributed by atoms with van der Waals surface area (Å²) < 4.78 is 5.63. The second-order valence-electron chi connectivity index (χ2n) is 10.2. The van der Waals surface area contributed by atoms with Crippen LogP contribution in [0.2, 0.25) is 0 Å². The highest BCUT2D eigenvalue weighted by Crippen LogP contribution is 2.29. The van der Waals surface area contributed by atoms with Gasteiger partial charge in [0.1, 0.15) is 5.76 Å². The zero-order valence-electron chi connectivity index (χ0n) is 22.9. The number of amides is 2. The Hall–Kier alpha value is -3.54. The van der Waals surface area contributed by atoms with Crippen molar-refractivity contribution >= 4 is 23.2 Å². The van der Waals surface area contributed by atoms with Gasteiger partial charge in [-0.15, -0.1) is 0 Å². The fourth-order valence-corrected chi connectivity index (χ4v) is 4.98. The molecular formula is C32H41N3O3. The van der Waals surface area contributed by atoms with Crippen molar-refractivity contribution in [3.8, 4) is 0 Å². The van der Waals surface area contributed by atoms with Crippen LogP contribution >= 0.6 is 0 Å². The van der Waals surface area contributed by atoms with Crippen molar-refractivity contribution in [3.05, 3.63) is 83.3 Å². The van der Waals surface area contributed by atoms with Gasteiger partial charge >= 0.3 is 0 Å². The molecule has 6 heteroatoms. The molecule has 3 aromatic rings. The number of carbonyl (C=O) groups excluding carboxylic acids is 2. The van der Waals surface area contributed by atoms with Crippen molar-refractivity contribution in [2.75, 3.05) is 29.9 Å². The number of unbranched alkanes of at least 4 members (excludes halogenated alkanes) is 3. The summed E-state index contributed by atoms with van der Waals surface area (Å²) in [7, 11) is 0. The van der Waals surface area contributed by atoms with Gasteiger partial charge in [0.2, 0.25) is 0 Å². The van der Waals surface area contributed by atoms with Crippen molar-refractivity contribution in [1.82, 2.24) is 4.90 Å². The standard InChI is InChI=1S/C32H41N3O3/c1-3-5-7-11-25-13-15-26(16-14-25)31(36)33-27-17-18-30(29(23-27)32(37)34-20-8-9-21-34)35(19-6-4-2)24-28-12-10-22-38-28/h10,12-18,22-23H,3-9,11,19-21,24H2,1-2H3,(H,33,36). The van der Waals surface area contributed by atoms with Gasteiger partial charge in [0.25, 0.3) is 11.8 Å². The number of rotatable bonds is 13. The molecule has 0 bridgehead atoms. The molecule has 1 N–H and O–H groups in total. The third-order valence-electron chi connectivity index (χ3n) is 7.21. The Bertz CT molecular complexity index is 1170. The molecule has 2 aromatic carbocycles. The maximum atomic E-state index is 13.7. The lowest BCUT2D eigenvalue weighted by atomic mass is 10.0. The van der Waals surface area contributed by atoms with Crippen LogP contribution in [0.25, 0.3) is 0 Å². The minimum atomic E-state index is -0.171. The first-order valence-electron chi connectivity index (χ1n) is 14.2. The molecule has 1 aliphatic heterocycles. The quantitative estimate of drug-likeness (QED) is 0.242. The largest absolute Gasteiger partial charge is 0.467 e. The molecule has 202 valence electrons. The number of hydrogen-bond acceptors (Lipinski definition) is 4. The summed E-state index contributed by atoms with van der Waals surface area (Å²) >= 11 is 0. The Labute approximate surface area is 227 Å². The lowest BCUT2D eigenvalue weighted by molar-refractivity contribution is 0.0793. The highest BCUT2D eigenvalue weighted by Gasteiger charge is 2.25. The molecule has 1 saturated heterocycles. The number of aryl methyl sites for hydroxylation is 1. The van der Waals surface area contributed by atoms with Gasteiger partial charge in [0, 0.05) is 30.9 Å². The molecule has 1 fully saturated rings. The molecule has 0 atom stereocenters. The molecule has 1 aliphatic rings. The van der Waals surface area contributed by atoms with E-state index in [1.165, 1.54) is 18.4 Å². The van der Waals surface area contributed by atoms with Crippen LogP contribution in [0.3, 0.4) is 0 Å². The van der Waals surface area contributed by atoms with E-state index in [1.807, 2.05) is 59.5 Å². The van der Waals surface area contributed by atoms with Crippen molar-refractivity contribution in [1.29, 1.82) is 0 Å². The number of benzene rings is 2. The van der Waals surface area contributed by atoms with Crippen LogP contribution in [0.1, 0.15) is 90.8 Å². The van der Waals surface area contributed by atoms with Gasteiger partial charge in [-0.25, -0.2) is 0 Å². The fraction of sp³-hybridized carbons (Fsp3) is 0.438. The van der Waals surface area contributed by atoms with E-state index in [0.717, 1.165) is 69.6 Å². The number of nitrogens with zero attached hydrogens (tertiary/aromatic N) is 2. The molecule has 38 heavy (non-hydrogen) atoms. The maximum absolute atomic E-state index is 13.7. The van der Waals surface area contributed by atoms with Gasteiger partial charge in [-0.05, 0) is 80.1 Å². The van der Waals surface area contributed by atoms with Crippen LogP contribution in [-0.4, -0.2) is 36.3 Å². The fourth-order valence-electron chi connectivity index (χ4n) is 4.98. The van der Waals surface area contributed by atoms with Crippen LogP contribution in [0.4, 0.5) is 11.4 Å². The minimum absolute atomic E-state index is 0.0194. The first kappa shape index (κ1) is 27.5. The van der Waals surface area contributed by atoms with Crippen LogP contribution < -0.4 is 10.2 Å². The molecule has 0 unspecified atom stereocenters. The topological polar surface area (TPSA) is 65.8 Å². The van der Waals surface area contributed by atoms with E-state index >= 15 is 0 Å². The van der Waals surface area contributed by atoms with E-state index in [1.54, 1.807) is 6.26 Å². The van der Waals surface area contributed by atoms with Crippen molar-refractivity contribution in [2.24, 2.45) is 0 Å². The molecule has 2 amide bonds. The van der Waals surface area contributed by atoms with E-state index in [4.69, 9.17) is 4.42 Å². The Morgan fingerprint density at radius 3 is 2.39 bits per heavy atom. The Balaban J connectivity index is 1.57. The predicted molar refractivity (Wildman–Crippen MR) is 154 cm³/mol. The number of hydrogen-bond donors (Lipinski definition) is 1. The molecule has 4 rings (SSSR count). The maximum Gasteiger partial charge on any atom is 0.256 e. The molecular weight excluding hydrogens is 474 g/mol. The summed E-state index contributed by atoms with van der Waals surface area (Å²) in [6.45, 7) is 7.31.